The summed E-state index contributed by atoms with van der Waals surface area (Å²) in [4.78, 5) is 29.3. The van der Waals surface area contributed by atoms with Gasteiger partial charge in [0.1, 0.15) is 13.2 Å². The van der Waals surface area contributed by atoms with Crippen LogP contribution in [0.25, 0.3) is 0 Å². The summed E-state index contributed by atoms with van der Waals surface area (Å²) < 4.78 is 11.1. The van der Waals surface area contributed by atoms with Gasteiger partial charge in [0.05, 0.1) is 13.1 Å². The van der Waals surface area contributed by atoms with Crippen LogP contribution in [0.4, 0.5) is 0 Å². The molecule has 0 aromatic carbocycles. The van der Waals surface area contributed by atoms with E-state index < -0.39 is 0 Å². The molecule has 0 fully saturated rings. The lowest BCUT2D eigenvalue weighted by molar-refractivity contribution is -0.147. The fourth-order valence-electron chi connectivity index (χ4n) is 7.18. The van der Waals surface area contributed by atoms with Gasteiger partial charge in [0.2, 0.25) is 0 Å². The van der Waals surface area contributed by atoms with E-state index in [1.54, 1.807) is 0 Å². The minimum atomic E-state index is -0.307. The number of carbonyl (C=O) groups excluding carboxylic acids is 2. The van der Waals surface area contributed by atoms with E-state index >= 15 is 0 Å². The highest BCUT2D eigenvalue weighted by Crippen LogP contribution is 2.23. The van der Waals surface area contributed by atoms with Crippen LogP contribution in [0, 0.1) is 35.5 Å². The SMILES string of the molecule is C/C(=C\COC(=O)CN(CCN(C)C)CC(=O)OC/C=C(\C)CCCC(C)CCCC(C)CCCC(C)C)CCCC(C)CCCC(C)CCCC(C)C. The van der Waals surface area contributed by atoms with Crippen molar-refractivity contribution in [2.45, 2.75) is 185 Å². The molecule has 0 bridgehead atoms. The molecule has 0 rings (SSSR count). The Hall–Kier alpha value is -1.66. The van der Waals surface area contributed by atoms with E-state index in [-0.39, 0.29) is 38.2 Å². The number of hydrogen-bond donors (Lipinski definition) is 0. The van der Waals surface area contributed by atoms with Crippen molar-refractivity contribution < 1.29 is 19.1 Å². The smallest absolute Gasteiger partial charge is 0.320 e. The van der Waals surface area contributed by atoms with Crippen molar-refractivity contribution in [1.82, 2.24) is 9.80 Å². The van der Waals surface area contributed by atoms with E-state index in [1.807, 2.05) is 31.1 Å². The van der Waals surface area contributed by atoms with Crippen molar-refractivity contribution >= 4 is 11.9 Å². The zero-order valence-electron chi connectivity index (χ0n) is 38.1. The Labute approximate surface area is 337 Å². The lowest BCUT2D eigenvalue weighted by Gasteiger charge is -2.22. The van der Waals surface area contributed by atoms with Crippen LogP contribution >= 0.6 is 0 Å². The Balaban J connectivity index is 4.37. The van der Waals surface area contributed by atoms with Gasteiger partial charge in [-0.3, -0.25) is 14.5 Å². The minimum absolute atomic E-state index is 0.0772. The molecule has 0 heterocycles. The van der Waals surface area contributed by atoms with E-state index in [0.717, 1.165) is 54.9 Å². The molecule has 6 heteroatoms. The largest absolute Gasteiger partial charge is 0.460 e. The molecule has 0 N–H and O–H groups in total. The standard InChI is InChI=1S/C48H92N2O4/c1-39(2)19-13-21-41(5)23-15-25-43(7)27-17-29-45(9)31-35-53-47(51)37-50(34-33-49(11)12)38-48(52)54-36-32-46(10)30-18-28-44(8)26-16-24-42(6)22-14-20-40(3)4/h31-32,39-44H,13-30,33-38H2,1-12H3/b45-31+,46-32+. The molecule has 0 aromatic heterocycles. The molecule has 0 spiro atoms. The van der Waals surface area contributed by atoms with Crippen molar-refractivity contribution in [1.29, 1.82) is 0 Å². The van der Waals surface area contributed by atoms with Gasteiger partial charge in [-0.15, -0.1) is 0 Å². The Morgan fingerprint density at radius 1 is 0.481 bits per heavy atom. The van der Waals surface area contributed by atoms with E-state index in [9.17, 15) is 9.59 Å². The predicted octanol–water partition coefficient (Wildman–Crippen LogP) is 12.7. The highest BCUT2D eigenvalue weighted by Gasteiger charge is 2.17. The van der Waals surface area contributed by atoms with Crippen molar-refractivity contribution in [2.24, 2.45) is 35.5 Å². The van der Waals surface area contributed by atoms with Crippen molar-refractivity contribution in [3.8, 4) is 0 Å². The molecule has 0 radical (unpaired) electrons. The molecular formula is C48H92N2O4. The molecule has 0 aromatic rings. The summed E-state index contributed by atoms with van der Waals surface area (Å²) in [6.07, 6.45) is 27.2. The minimum Gasteiger partial charge on any atom is -0.460 e. The summed E-state index contributed by atoms with van der Waals surface area (Å²) in [7, 11) is 3.98. The molecule has 0 saturated carbocycles. The van der Waals surface area contributed by atoms with E-state index in [1.165, 1.54) is 114 Å². The molecule has 0 aliphatic carbocycles. The Kier molecular flexibility index (Phi) is 32.4. The van der Waals surface area contributed by atoms with Gasteiger partial charge in [-0.25, -0.2) is 0 Å². The van der Waals surface area contributed by atoms with Gasteiger partial charge >= 0.3 is 11.9 Å². The number of rotatable bonds is 35. The molecule has 4 unspecified atom stereocenters. The summed E-state index contributed by atoms with van der Waals surface area (Å²) in [6, 6.07) is 0. The zero-order chi connectivity index (χ0) is 40.7. The topological polar surface area (TPSA) is 59.1 Å². The van der Waals surface area contributed by atoms with Crippen LogP contribution in [0.5, 0.6) is 0 Å². The van der Waals surface area contributed by atoms with E-state index in [2.05, 4.69) is 74.1 Å². The van der Waals surface area contributed by atoms with Crippen LogP contribution in [0.2, 0.25) is 0 Å². The monoisotopic (exact) mass is 761 g/mol. The van der Waals surface area contributed by atoms with Crippen LogP contribution in [-0.4, -0.2) is 75.2 Å². The molecule has 318 valence electrons. The maximum Gasteiger partial charge on any atom is 0.320 e. The average molecular weight is 761 g/mol. The first-order valence-corrected chi connectivity index (χ1v) is 22.6. The number of hydrogen-bond acceptors (Lipinski definition) is 6. The third kappa shape index (κ3) is 34.8. The molecule has 4 atom stereocenters. The van der Waals surface area contributed by atoms with Crippen LogP contribution in [-0.2, 0) is 19.1 Å². The van der Waals surface area contributed by atoms with Crippen molar-refractivity contribution in [2.75, 3.05) is 53.5 Å². The predicted molar refractivity (Wildman–Crippen MR) is 234 cm³/mol. The van der Waals surface area contributed by atoms with Crippen LogP contribution in [0.3, 0.4) is 0 Å². The molecule has 0 aliphatic heterocycles. The summed E-state index contributed by atoms with van der Waals surface area (Å²) in [5, 5.41) is 0. The van der Waals surface area contributed by atoms with Crippen LogP contribution < -0.4 is 0 Å². The fraction of sp³-hybridized carbons (Fsp3) is 0.875. The number of ether oxygens (including phenoxy) is 2. The third-order valence-corrected chi connectivity index (χ3v) is 11.2. The molecule has 6 nitrogen and oxygen atoms in total. The number of likely N-dealkylation sites (N-methyl/N-ethyl adjacent to an activating group) is 1. The van der Waals surface area contributed by atoms with Gasteiger partial charge in [0.25, 0.3) is 0 Å². The van der Waals surface area contributed by atoms with Gasteiger partial charge in [0, 0.05) is 13.1 Å². The first kappa shape index (κ1) is 52.3. The second kappa shape index (κ2) is 33.5. The highest BCUT2D eigenvalue weighted by atomic mass is 16.5. The first-order chi connectivity index (χ1) is 25.6. The summed E-state index contributed by atoms with van der Waals surface area (Å²) in [6.45, 7) is 25.2. The Morgan fingerprint density at radius 2 is 0.796 bits per heavy atom. The van der Waals surface area contributed by atoms with Gasteiger partial charge < -0.3 is 14.4 Å². The Morgan fingerprint density at radius 3 is 1.11 bits per heavy atom. The van der Waals surface area contributed by atoms with Gasteiger partial charge in [-0.2, -0.15) is 0 Å². The molecule has 54 heavy (non-hydrogen) atoms. The van der Waals surface area contributed by atoms with Crippen LogP contribution in [0.15, 0.2) is 23.3 Å². The second-order valence-corrected chi connectivity index (χ2v) is 18.7. The number of allylic oxidation sites excluding steroid dienone is 2. The molecular weight excluding hydrogens is 669 g/mol. The molecule has 0 aliphatic rings. The second-order valence-electron chi connectivity index (χ2n) is 18.7. The van der Waals surface area contributed by atoms with E-state index in [0.29, 0.717) is 6.54 Å². The Bertz CT molecular complexity index is 915. The third-order valence-electron chi connectivity index (χ3n) is 11.2. The van der Waals surface area contributed by atoms with Crippen molar-refractivity contribution in [3.63, 3.8) is 0 Å². The number of esters is 2. The quantitative estimate of drug-likeness (QED) is 0.0474. The first-order valence-electron chi connectivity index (χ1n) is 22.6. The summed E-state index contributed by atoms with van der Waals surface area (Å²) in [5.41, 5.74) is 2.54. The summed E-state index contributed by atoms with van der Waals surface area (Å²) >= 11 is 0. The van der Waals surface area contributed by atoms with Gasteiger partial charge in [-0.1, -0.05) is 156 Å². The fourth-order valence-corrected chi connectivity index (χ4v) is 7.18. The number of nitrogens with zero attached hydrogens (tertiary/aromatic N) is 2. The van der Waals surface area contributed by atoms with Crippen molar-refractivity contribution in [3.05, 3.63) is 23.3 Å². The van der Waals surface area contributed by atoms with Gasteiger partial charge in [0.15, 0.2) is 0 Å². The zero-order valence-corrected chi connectivity index (χ0v) is 38.1. The normalized spacial score (nSPS) is 15.0. The maximum absolute atomic E-state index is 12.7. The lowest BCUT2D eigenvalue weighted by Crippen LogP contribution is -2.40. The lowest BCUT2D eigenvalue weighted by atomic mass is 9.91. The molecule has 0 saturated heterocycles. The molecule has 0 amide bonds. The number of carbonyl (C=O) groups is 2. The van der Waals surface area contributed by atoms with Gasteiger partial charge in [-0.05, 0) is 101 Å². The van der Waals surface area contributed by atoms with Crippen LogP contribution in [0.1, 0.15) is 185 Å². The summed E-state index contributed by atoms with van der Waals surface area (Å²) in [5.74, 6) is 4.25. The average Bonchev–Trinajstić information content (AvgIpc) is 3.06. The highest BCUT2D eigenvalue weighted by molar-refractivity contribution is 5.75. The van der Waals surface area contributed by atoms with E-state index in [4.69, 9.17) is 9.47 Å². The maximum atomic E-state index is 12.7.